The van der Waals surface area contributed by atoms with Gasteiger partial charge in [-0.25, -0.2) is 0 Å². The Morgan fingerprint density at radius 2 is 1.95 bits per heavy atom. The summed E-state index contributed by atoms with van der Waals surface area (Å²) in [7, 11) is 5.11. The van der Waals surface area contributed by atoms with Crippen LogP contribution in [-0.2, 0) is 4.74 Å². The highest BCUT2D eigenvalue weighted by molar-refractivity contribution is 5.36. The number of rotatable bonds is 5. The molecule has 6 heteroatoms. The molecule has 0 saturated carbocycles. The Morgan fingerprint density at radius 1 is 1.26 bits per heavy atom. The summed E-state index contributed by atoms with van der Waals surface area (Å²) in [6.07, 6.45) is 3.72. The van der Waals surface area contributed by atoms with Gasteiger partial charge in [0.1, 0.15) is 0 Å². The van der Waals surface area contributed by atoms with Crippen LogP contribution in [0.5, 0.6) is 11.8 Å². The van der Waals surface area contributed by atoms with E-state index in [0.29, 0.717) is 17.7 Å². The van der Waals surface area contributed by atoms with Crippen LogP contribution in [0.15, 0.2) is 6.07 Å². The molecule has 6 nitrogen and oxygen atoms in total. The first-order valence-corrected chi connectivity index (χ1v) is 6.52. The Bertz CT molecular complexity index is 386. The zero-order valence-corrected chi connectivity index (χ0v) is 11.8. The van der Waals surface area contributed by atoms with Gasteiger partial charge in [-0.05, 0) is 19.3 Å². The number of nitrogens with zero attached hydrogens (tertiary/aromatic N) is 3. The van der Waals surface area contributed by atoms with Crippen molar-refractivity contribution in [1.82, 2.24) is 9.97 Å². The summed E-state index contributed by atoms with van der Waals surface area (Å²) in [5, 5.41) is 0. The van der Waals surface area contributed by atoms with Crippen molar-refractivity contribution in [1.29, 1.82) is 0 Å². The van der Waals surface area contributed by atoms with Crippen molar-refractivity contribution in [2.24, 2.45) is 0 Å². The Balaban J connectivity index is 2.06. The van der Waals surface area contributed by atoms with Gasteiger partial charge >= 0.3 is 0 Å². The van der Waals surface area contributed by atoms with Crippen LogP contribution in [0.1, 0.15) is 19.3 Å². The van der Waals surface area contributed by atoms with Gasteiger partial charge in [-0.3, -0.25) is 0 Å². The standard InChI is InChI=1S/C13H21N3O3/c1-16(9-10-6-4-5-7-19-10)13-14-11(17-2)8-12(15-13)18-3/h8,10H,4-7,9H2,1-3H3. The van der Waals surface area contributed by atoms with Gasteiger partial charge in [-0.1, -0.05) is 0 Å². The van der Waals surface area contributed by atoms with Gasteiger partial charge in [0.2, 0.25) is 17.7 Å². The summed E-state index contributed by atoms with van der Waals surface area (Å²) in [5.41, 5.74) is 0. The van der Waals surface area contributed by atoms with E-state index < -0.39 is 0 Å². The molecule has 2 rings (SSSR count). The van der Waals surface area contributed by atoms with Crippen LogP contribution >= 0.6 is 0 Å². The van der Waals surface area contributed by atoms with Crippen LogP contribution in [0.4, 0.5) is 5.95 Å². The first-order chi connectivity index (χ1) is 9.22. The lowest BCUT2D eigenvalue weighted by molar-refractivity contribution is 0.0214. The maximum absolute atomic E-state index is 5.72. The normalized spacial score (nSPS) is 19.0. The molecule has 0 aliphatic carbocycles. The van der Waals surface area contributed by atoms with E-state index >= 15 is 0 Å². The Hall–Kier alpha value is -1.56. The smallest absolute Gasteiger partial charge is 0.231 e. The van der Waals surface area contributed by atoms with Crippen molar-refractivity contribution in [3.63, 3.8) is 0 Å². The third-order valence-corrected chi connectivity index (χ3v) is 3.18. The fourth-order valence-corrected chi connectivity index (χ4v) is 2.11. The predicted octanol–water partition coefficient (Wildman–Crippen LogP) is 1.50. The second-order valence-electron chi connectivity index (χ2n) is 4.62. The maximum Gasteiger partial charge on any atom is 0.231 e. The Kier molecular flexibility index (Phi) is 4.79. The molecule has 19 heavy (non-hydrogen) atoms. The first kappa shape index (κ1) is 13.9. The molecule has 1 fully saturated rings. The average molecular weight is 267 g/mol. The van der Waals surface area contributed by atoms with E-state index in [9.17, 15) is 0 Å². The minimum Gasteiger partial charge on any atom is -0.481 e. The van der Waals surface area contributed by atoms with E-state index in [0.717, 1.165) is 26.0 Å². The van der Waals surface area contributed by atoms with Gasteiger partial charge in [-0.15, -0.1) is 0 Å². The lowest BCUT2D eigenvalue weighted by atomic mass is 10.1. The van der Waals surface area contributed by atoms with Gasteiger partial charge in [0.25, 0.3) is 0 Å². The van der Waals surface area contributed by atoms with Crippen molar-refractivity contribution in [3.8, 4) is 11.8 Å². The van der Waals surface area contributed by atoms with Crippen LogP contribution in [0, 0.1) is 0 Å². The molecule has 1 aromatic heterocycles. The van der Waals surface area contributed by atoms with E-state index in [2.05, 4.69) is 9.97 Å². The summed E-state index contributed by atoms with van der Waals surface area (Å²) in [5.74, 6) is 1.59. The van der Waals surface area contributed by atoms with E-state index in [-0.39, 0.29) is 6.10 Å². The summed E-state index contributed by atoms with van der Waals surface area (Å²) in [4.78, 5) is 10.6. The average Bonchev–Trinajstić information content (AvgIpc) is 2.47. The van der Waals surface area contributed by atoms with E-state index in [1.165, 1.54) is 6.42 Å². The van der Waals surface area contributed by atoms with Crippen LogP contribution in [0.3, 0.4) is 0 Å². The van der Waals surface area contributed by atoms with Gasteiger partial charge < -0.3 is 19.1 Å². The molecule has 1 saturated heterocycles. The van der Waals surface area contributed by atoms with Crippen LogP contribution < -0.4 is 14.4 Å². The topological polar surface area (TPSA) is 56.7 Å². The van der Waals surface area contributed by atoms with Crippen molar-refractivity contribution >= 4 is 5.95 Å². The fraction of sp³-hybridized carbons (Fsp3) is 0.692. The predicted molar refractivity (Wildman–Crippen MR) is 72.0 cm³/mol. The van der Waals surface area contributed by atoms with E-state index in [1.54, 1.807) is 20.3 Å². The van der Waals surface area contributed by atoms with Crippen LogP contribution in [0.2, 0.25) is 0 Å². The second kappa shape index (κ2) is 6.56. The van der Waals surface area contributed by atoms with Gasteiger partial charge in [-0.2, -0.15) is 9.97 Å². The van der Waals surface area contributed by atoms with Crippen molar-refractivity contribution < 1.29 is 14.2 Å². The Labute approximate surface area is 113 Å². The highest BCUT2D eigenvalue weighted by Crippen LogP contribution is 2.21. The molecular weight excluding hydrogens is 246 g/mol. The third kappa shape index (κ3) is 3.70. The molecule has 1 aromatic rings. The van der Waals surface area contributed by atoms with Gasteiger partial charge in [0, 0.05) is 20.2 Å². The minimum atomic E-state index is 0.250. The zero-order valence-electron chi connectivity index (χ0n) is 11.8. The summed E-state index contributed by atoms with van der Waals surface area (Å²) < 4.78 is 16.0. The third-order valence-electron chi connectivity index (χ3n) is 3.18. The highest BCUT2D eigenvalue weighted by Gasteiger charge is 2.18. The molecule has 1 atom stereocenters. The SMILES string of the molecule is COc1cc(OC)nc(N(C)CC2CCCCO2)n1. The quantitative estimate of drug-likeness (QED) is 0.806. The van der Waals surface area contributed by atoms with Gasteiger partial charge in [0.05, 0.1) is 26.4 Å². The molecule has 1 aliphatic heterocycles. The number of methoxy groups -OCH3 is 2. The number of aromatic nitrogens is 2. The van der Waals surface area contributed by atoms with E-state index in [1.807, 2.05) is 11.9 Å². The number of ether oxygens (including phenoxy) is 3. The molecule has 1 aliphatic rings. The fourth-order valence-electron chi connectivity index (χ4n) is 2.11. The zero-order chi connectivity index (χ0) is 13.7. The summed E-state index contributed by atoms with van der Waals surface area (Å²) >= 11 is 0. The second-order valence-corrected chi connectivity index (χ2v) is 4.62. The highest BCUT2D eigenvalue weighted by atomic mass is 16.5. The molecule has 1 unspecified atom stereocenters. The largest absolute Gasteiger partial charge is 0.481 e. The van der Waals surface area contributed by atoms with Crippen molar-refractivity contribution in [2.75, 3.05) is 39.3 Å². The van der Waals surface area contributed by atoms with Crippen molar-refractivity contribution in [2.45, 2.75) is 25.4 Å². The molecule has 106 valence electrons. The molecule has 0 radical (unpaired) electrons. The van der Waals surface area contributed by atoms with E-state index in [4.69, 9.17) is 14.2 Å². The molecule has 0 aromatic carbocycles. The lowest BCUT2D eigenvalue weighted by Gasteiger charge is -2.27. The maximum atomic E-state index is 5.72. The Morgan fingerprint density at radius 3 is 2.47 bits per heavy atom. The molecule has 0 N–H and O–H groups in total. The number of hydrogen-bond acceptors (Lipinski definition) is 6. The molecular formula is C13H21N3O3. The monoisotopic (exact) mass is 267 g/mol. The lowest BCUT2D eigenvalue weighted by Crippen LogP contribution is -2.34. The number of likely N-dealkylation sites (N-methyl/N-ethyl adjacent to an activating group) is 1. The summed E-state index contributed by atoms with van der Waals surface area (Å²) in [6, 6.07) is 1.66. The van der Waals surface area contributed by atoms with Gasteiger partial charge in [0.15, 0.2) is 0 Å². The van der Waals surface area contributed by atoms with Crippen LogP contribution in [0.25, 0.3) is 0 Å². The number of anilines is 1. The minimum absolute atomic E-state index is 0.250. The van der Waals surface area contributed by atoms with Crippen LogP contribution in [-0.4, -0.2) is 50.5 Å². The molecule has 0 spiro atoms. The molecule has 0 amide bonds. The molecule has 0 bridgehead atoms. The summed E-state index contributed by atoms with van der Waals surface area (Å²) in [6.45, 7) is 1.62. The molecule has 2 heterocycles. The first-order valence-electron chi connectivity index (χ1n) is 6.52. The number of hydrogen-bond donors (Lipinski definition) is 0. The van der Waals surface area contributed by atoms with Crippen molar-refractivity contribution in [3.05, 3.63) is 6.07 Å².